The van der Waals surface area contributed by atoms with Crippen LogP contribution in [0.25, 0.3) is 0 Å². The second-order valence-electron chi connectivity index (χ2n) is 6.69. The summed E-state index contributed by atoms with van der Waals surface area (Å²) in [7, 11) is -9.77. The minimum Gasteiger partial charge on any atom is -0.512 e. The molecule has 0 radical (unpaired) electrons. The monoisotopic (exact) mass is 485 g/mol. The quantitative estimate of drug-likeness (QED) is 0.150. The standard InChI is InChI=1S/C16H15N5O9S2/c17-8-1-2-10(11(5-8)21(23)24)19-20-16-13(32(28,29)30)4-7-3-9(31(25,26)27)6-12(22)14(7)15(16)18/h1-7,14,18-19,22H,17H2,(H,25,26,27)(H,28,29,30)/b18-15?,20-16-. The summed E-state index contributed by atoms with van der Waals surface area (Å²) in [4.78, 5) is 8.79. The van der Waals surface area contributed by atoms with Crippen molar-refractivity contribution in [1.82, 2.24) is 0 Å². The van der Waals surface area contributed by atoms with Gasteiger partial charge >= 0.3 is 0 Å². The molecule has 0 saturated carbocycles. The van der Waals surface area contributed by atoms with Gasteiger partial charge in [-0.3, -0.25) is 24.6 Å². The molecule has 0 saturated heterocycles. The molecule has 2 atom stereocenters. The molecular formula is C16H15N5O9S2. The summed E-state index contributed by atoms with van der Waals surface area (Å²) in [6, 6.07) is 3.50. The Bertz CT molecular complexity index is 1370. The summed E-state index contributed by atoms with van der Waals surface area (Å²) in [6.07, 6.45) is 2.42. The maximum absolute atomic E-state index is 11.9. The predicted octanol–water partition coefficient (Wildman–Crippen LogP) is 1.21. The Hall–Kier alpha value is -3.60. The number of rotatable bonds is 5. The summed E-state index contributed by atoms with van der Waals surface area (Å²) >= 11 is 0. The van der Waals surface area contributed by atoms with Crippen LogP contribution in [0.15, 0.2) is 57.1 Å². The number of nitro groups is 1. The zero-order valence-corrected chi connectivity index (χ0v) is 17.3. The number of hydrogen-bond acceptors (Lipinski definition) is 11. The van der Waals surface area contributed by atoms with Crippen LogP contribution in [0.4, 0.5) is 17.1 Å². The van der Waals surface area contributed by atoms with Crippen molar-refractivity contribution >= 4 is 48.7 Å². The second kappa shape index (κ2) is 7.83. The molecule has 0 amide bonds. The van der Waals surface area contributed by atoms with E-state index in [1.807, 2.05) is 0 Å². The van der Waals surface area contributed by atoms with Gasteiger partial charge in [-0.1, -0.05) is 12.2 Å². The first kappa shape index (κ1) is 23.1. The Morgan fingerprint density at radius 1 is 1.16 bits per heavy atom. The molecule has 0 bridgehead atoms. The van der Waals surface area contributed by atoms with E-state index in [4.69, 9.17) is 11.1 Å². The summed E-state index contributed by atoms with van der Waals surface area (Å²) < 4.78 is 65.4. The van der Waals surface area contributed by atoms with Gasteiger partial charge in [0.15, 0.2) is 0 Å². The van der Waals surface area contributed by atoms with E-state index in [-0.39, 0.29) is 11.4 Å². The van der Waals surface area contributed by atoms with Crippen molar-refractivity contribution < 1.29 is 36.0 Å². The highest BCUT2D eigenvalue weighted by Crippen LogP contribution is 2.37. The Morgan fingerprint density at radius 3 is 2.38 bits per heavy atom. The largest absolute Gasteiger partial charge is 0.512 e. The lowest BCUT2D eigenvalue weighted by molar-refractivity contribution is -0.383. The van der Waals surface area contributed by atoms with E-state index in [9.17, 15) is 41.2 Å². The molecule has 0 spiro atoms. The number of nitrogens with one attached hydrogen (secondary N) is 2. The summed E-state index contributed by atoms with van der Waals surface area (Å²) in [5.41, 5.74) is 5.79. The second-order valence-corrected chi connectivity index (χ2v) is 9.51. The SMILES string of the molecule is N=C1/C(=N\Nc2ccc(N)cc2[N+](=O)[O-])C(S(=O)(=O)O)=CC2C=C(S(=O)(=O)O)C=C(O)C12. The fraction of sp³-hybridized carbons (Fsp3) is 0.125. The van der Waals surface area contributed by atoms with Crippen molar-refractivity contribution in [3.8, 4) is 0 Å². The number of nitro benzene ring substituents is 1. The third-order valence-electron chi connectivity index (χ3n) is 4.58. The Kier molecular flexibility index (Phi) is 5.64. The van der Waals surface area contributed by atoms with Crippen LogP contribution in [0.3, 0.4) is 0 Å². The van der Waals surface area contributed by atoms with Crippen LogP contribution in [0, 0.1) is 27.4 Å². The lowest BCUT2D eigenvalue weighted by Gasteiger charge is -2.31. The smallest absolute Gasteiger partial charge is 0.296 e. The van der Waals surface area contributed by atoms with Crippen LogP contribution >= 0.6 is 0 Å². The van der Waals surface area contributed by atoms with Crippen molar-refractivity contribution in [3.05, 3.63) is 62.1 Å². The number of hydrogen-bond donors (Lipinski definition) is 6. The lowest BCUT2D eigenvalue weighted by atomic mass is 9.77. The van der Waals surface area contributed by atoms with Crippen LogP contribution in [0.1, 0.15) is 0 Å². The van der Waals surface area contributed by atoms with Crippen LogP contribution in [0.5, 0.6) is 0 Å². The molecular weight excluding hydrogens is 470 g/mol. The molecule has 2 aliphatic carbocycles. The third kappa shape index (κ3) is 4.37. The van der Waals surface area contributed by atoms with E-state index in [0.29, 0.717) is 6.08 Å². The van der Waals surface area contributed by atoms with Crippen LogP contribution in [-0.4, -0.2) is 47.4 Å². The molecule has 16 heteroatoms. The number of hydrazone groups is 1. The minimum atomic E-state index is -5.01. The summed E-state index contributed by atoms with van der Waals surface area (Å²) in [6.45, 7) is 0. The minimum absolute atomic E-state index is 0.0698. The molecule has 3 rings (SSSR count). The number of anilines is 2. The van der Waals surface area contributed by atoms with E-state index in [1.165, 1.54) is 12.1 Å². The zero-order chi connectivity index (χ0) is 24.0. The molecule has 0 fully saturated rings. The topological polar surface area (TPSA) is 246 Å². The van der Waals surface area contributed by atoms with Crippen molar-refractivity contribution in [2.45, 2.75) is 0 Å². The number of aliphatic hydroxyl groups is 1. The van der Waals surface area contributed by atoms with Crippen molar-refractivity contribution in [2.24, 2.45) is 16.9 Å². The zero-order valence-electron chi connectivity index (χ0n) is 15.7. The van der Waals surface area contributed by atoms with Crippen molar-refractivity contribution in [3.63, 3.8) is 0 Å². The Labute approximate surface area is 180 Å². The number of aliphatic hydroxyl groups excluding tert-OH is 1. The van der Waals surface area contributed by atoms with Crippen molar-refractivity contribution in [2.75, 3.05) is 11.2 Å². The van der Waals surface area contributed by atoms with Crippen LogP contribution in [0.2, 0.25) is 0 Å². The van der Waals surface area contributed by atoms with Gasteiger partial charge in [0.05, 0.1) is 21.5 Å². The number of fused-ring (bicyclic) bond motifs is 1. The predicted molar refractivity (Wildman–Crippen MR) is 113 cm³/mol. The molecule has 7 N–H and O–H groups in total. The fourth-order valence-electron chi connectivity index (χ4n) is 3.18. The molecule has 1 aromatic rings. The van der Waals surface area contributed by atoms with Crippen LogP contribution < -0.4 is 11.2 Å². The van der Waals surface area contributed by atoms with Gasteiger partial charge < -0.3 is 16.2 Å². The maximum atomic E-state index is 11.9. The molecule has 0 aliphatic heterocycles. The van der Waals surface area contributed by atoms with Gasteiger partial charge in [-0.2, -0.15) is 21.9 Å². The van der Waals surface area contributed by atoms with E-state index in [0.717, 1.165) is 18.2 Å². The Balaban J connectivity index is 2.14. The highest BCUT2D eigenvalue weighted by Gasteiger charge is 2.42. The van der Waals surface area contributed by atoms with Gasteiger partial charge in [0.2, 0.25) is 0 Å². The first-order valence-corrected chi connectivity index (χ1v) is 11.3. The average molecular weight is 485 g/mol. The molecule has 0 heterocycles. The van der Waals surface area contributed by atoms with Gasteiger partial charge in [-0.05, 0) is 18.2 Å². The van der Waals surface area contributed by atoms with Gasteiger partial charge in [-0.15, -0.1) is 0 Å². The van der Waals surface area contributed by atoms with E-state index in [2.05, 4.69) is 10.5 Å². The van der Waals surface area contributed by atoms with Gasteiger partial charge in [0.25, 0.3) is 25.9 Å². The van der Waals surface area contributed by atoms with Crippen molar-refractivity contribution in [1.29, 1.82) is 5.41 Å². The molecule has 170 valence electrons. The third-order valence-corrected chi connectivity index (χ3v) is 6.31. The number of allylic oxidation sites excluding steroid dienone is 5. The first-order chi connectivity index (χ1) is 14.7. The average Bonchev–Trinajstić information content (AvgIpc) is 2.65. The number of benzene rings is 1. The lowest BCUT2D eigenvalue weighted by Crippen LogP contribution is -2.39. The highest BCUT2D eigenvalue weighted by atomic mass is 32.2. The molecule has 2 unspecified atom stereocenters. The molecule has 0 aromatic heterocycles. The first-order valence-electron chi connectivity index (χ1n) is 8.46. The van der Waals surface area contributed by atoms with Gasteiger partial charge in [0.1, 0.15) is 22.1 Å². The molecule has 32 heavy (non-hydrogen) atoms. The normalized spacial score (nSPS) is 22.5. The highest BCUT2D eigenvalue weighted by molar-refractivity contribution is 7.91. The van der Waals surface area contributed by atoms with E-state index >= 15 is 0 Å². The molecule has 2 aliphatic rings. The van der Waals surface area contributed by atoms with E-state index < -0.39 is 69.7 Å². The molecule has 14 nitrogen and oxygen atoms in total. The van der Waals surface area contributed by atoms with Gasteiger partial charge in [0, 0.05) is 17.7 Å². The number of nitrogens with zero attached hydrogens (tertiary/aromatic N) is 2. The number of nitrogens with two attached hydrogens (primary N) is 1. The Morgan fingerprint density at radius 2 is 1.81 bits per heavy atom. The summed E-state index contributed by atoms with van der Waals surface area (Å²) in [5.74, 6) is -3.23. The van der Waals surface area contributed by atoms with Gasteiger partial charge in [-0.25, -0.2) is 0 Å². The summed E-state index contributed by atoms with van der Waals surface area (Å²) in [5, 5.41) is 33.4. The fourth-order valence-corrected chi connectivity index (χ4v) is 4.51. The number of nitrogen functional groups attached to an aromatic ring is 1. The molecule has 1 aromatic carbocycles. The van der Waals surface area contributed by atoms with E-state index in [1.54, 1.807) is 0 Å². The van der Waals surface area contributed by atoms with Crippen LogP contribution in [-0.2, 0) is 20.2 Å². The maximum Gasteiger partial charge on any atom is 0.296 e.